The van der Waals surface area contributed by atoms with Crippen LogP contribution in [-0.2, 0) is 21.8 Å². The van der Waals surface area contributed by atoms with E-state index in [2.05, 4.69) is 13.2 Å². The molecular formula is C23H30N4O3S. The fourth-order valence-corrected chi connectivity index (χ4v) is 5.57. The van der Waals surface area contributed by atoms with Gasteiger partial charge in [-0.1, -0.05) is 25.3 Å². The van der Waals surface area contributed by atoms with Crippen LogP contribution in [0.15, 0.2) is 30.2 Å². The molecule has 0 unspecified atom stereocenters. The van der Waals surface area contributed by atoms with Crippen LogP contribution < -0.4 is 0 Å². The van der Waals surface area contributed by atoms with Gasteiger partial charge in [0.05, 0.1) is 18.9 Å². The van der Waals surface area contributed by atoms with E-state index >= 15 is 0 Å². The Kier molecular flexibility index (Phi) is 6.67. The molecule has 0 radical (unpaired) electrons. The largest absolute Gasteiger partial charge is 0.378 e. The normalized spacial score (nSPS) is 19.9. The average Bonchev–Trinajstić information content (AvgIpc) is 3.17. The molecule has 0 bridgehead atoms. The number of piperidine rings is 1. The molecule has 2 amide bonds. The number of amides is 2. The van der Waals surface area contributed by atoms with E-state index in [0.717, 1.165) is 54.2 Å². The first kappa shape index (κ1) is 21.9. The molecule has 3 aliphatic heterocycles. The van der Waals surface area contributed by atoms with Gasteiger partial charge in [-0.25, -0.2) is 0 Å². The summed E-state index contributed by atoms with van der Waals surface area (Å²) in [5.74, 6) is 1.23. The van der Waals surface area contributed by atoms with Crippen molar-refractivity contribution < 1.29 is 14.3 Å². The van der Waals surface area contributed by atoms with E-state index in [1.807, 2.05) is 26.6 Å². The van der Waals surface area contributed by atoms with Crippen molar-refractivity contribution in [3.05, 3.63) is 47.2 Å². The summed E-state index contributed by atoms with van der Waals surface area (Å²) in [7, 11) is 0. The van der Waals surface area contributed by atoms with Crippen molar-refractivity contribution in [2.24, 2.45) is 5.92 Å². The number of fused-ring (bicyclic) bond motifs is 1. The lowest BCUT2D eigenvalue weighted by molar-refractivity contribution is -0.130. The lowest BCUT2D eigenvalue weighted by Crippen LogP contribution is -2.41. The van der Waals surface area contributed by atoms with Crippen LogP contribution in [0.1, 0.15) is 41.5 Å². The van der Waals surface area contributed by atoms with Gasteiger partial charge in [0.2, 0.25) is 5.91 Å². The molecule has 7 nitrogen and oxygen atoms in total. The monoisotopic (exact) mass is 442 g/mol. The number of ether oxygens (including phenoxy) is 1. The predicted octanol–water partition coefficient (Wildman–Crippen LogP) is 2.94. The van der Waals surface area contributed by atoms with Crippen molar-refractivity contribution in [3.63, 3.8) is 0 Å². The third kappa shape index (κ3) is 4.36. The molecule has 4 rings (SSSR count). The van der Waals surface area contributed by atoms with Gasteiger partial charge in [-0.05, 0) is 18.8 Å². The first-order valence-corrected chi connectivity index (χ1v) is 11.9. The van der Waals surface area contributed by atoms with Crippen LogP contribution in [0, 0.1) is 5.92 Å². The van der Waals surface area contributed by atoms with Crippen LogP contribution in [0.25, 0.3) is 5.57 Å². The quantitative estimate of drug-likeness (QED) is 0.701. The van der Waals surface area contributed by atoms with E-state index < -0.39 is 0 Å². The van der Waals surface area contributed by atoms with Gasteiger partial charge in [0.15, 0.2) is 5.69 Å². The zero-order valence-corrected chi connectivity index (χ0v) is 19.0. The van der Waals surface area contributed by atoms with Gasteiger partial charge >= 0.3 is 0 Å². The topological polar surface area (TPSA) is 67.7 Å². The fourth-order valence-electron chi connectivity index (χ4n) is 4.54. The van der Waals surface area contributed by atoms with E-state index in [-0.39, 0.29) is 11.8 Å². The van der Waals surface area contributed by atoms with Crippen molar-refractivity contribution in [3.8, 4) is 0 Å². The number of hydrogen-bond acceptors (Lipinski definition) is 5. The zero-order valence-electron chi connectivity index (χ0n) is 18.1. The van der Waals surface area contributed by atoms with Gasteiger partial charge < -0.3 is 14.5 Å². The molecule has 0 spiro atoms. The molecule has 1 aromatic heterocycles. The van der Waals surface area contributed by atoms with E-state index in [9.17, 15) is 9.59 Å². The summed E-state index contributed by atoms with van der Waals surface area (Å²) in [6.45, 7) is 14.2. The molecule has 0 saturated carbocycles. The minimum Gasteiger partial charge on any atom is -0.378 e. The van der Waals surface area contributed by atoms with Crippen LogP contribution in [0.3, 0.4) is 0 Å². The summed E-state index contributed by atoms with van der Waals surface area (Å²) in [5, 5.41) is 4.86. The molecule has 2 saturated heterocycles. The molecule has 166 valence electrons. The molecule has 1 aromatic rings. The van der Waals surface area contributed by atoms with Gasteiger partial charge in [0.1, 0.15) is 0 Å². The number of morpholine rings is 1. The summed E-state index contributed by atoms with van der Waals surface area (Å²) in [6, 6.07) is 0. The minimum atomic E-state index is -0.0178. The van der Waals surface area contributed by atoms with Gasteiger partial charge in [-0.3, -0.25) is 14.3 Å². The summed E-state index contributed by atoms with van der Waals surface area (Å²) in [4.78, 5) is 29.8. The first-order chi connectivity index (χ1) is 15.0. The highest BCUT2D eigenvalue weighted by molar-refractivity contribution is 8.02. The van der Waals surface area contributed by atoms with Crippen molar-refractivity contribution >= 4 is 29.1 Å². The second kappa shape index (κ2) is 9.44. The Balaban J connectivity index is 1.66. The van der Waals surface area contributed by atoms with Crippen molar-refractivity contribution in [2.45, 2.75) is 32.1 Å². The number of aromatic nitrogens is 2. The van der Waals surface area contributed by atoms with E-state index in [1.165, 1.54) is 0 Å². The summed E-state index contributed by atoms with van der Waals surface area (Å²) in [6.07, 6.45) is 5.59. The van der Waals surface area contributed by atoms with Gasteiger partial charge in [-0.15, -0.1) is 11.8 Å². The highest BCUT2D eigenvalue weighted by Crippen LogP contribution is 2.41. The van der Waals surface area contributed by atoms with Crippen LogP contribution in [0.5, 0.6) is 0 Å². The van der Waals surface area contributed by atoms with Crippen molar-refractivity contribution in [1.82, 2.24) is 19.6 Å². The summed E-state index contributed by atoms with van der Waals surface area (Å²) >= 11 is 1.68. The minimum absolute atomic E-state index is 0.0178. The zero-order chi connectivity index (χ0) is 22.0. The van der Waals surface area contributed by atoms with Gasteiger partial charge in [0, 0.05) is 61.4 Å². The molecule has 0 aromatic carbocycles. The van der Waals surface area contributed by atoms with Crippen LogP contribution in [-0.4, -0.2) is 70.8 Å². The number of nitrogens with zero attached hydrogens (tertiary/aromatic N) is 4. The molecule has 4 heterocycles. The van der Waals surface area contributed by atoms with Crippen molar-refractivity contribution in [1.29, 1.82) is 0 Å². The van der Waals surface area contributed by atoms with E-state index in [0.29, 0.717) is 43.7 Å². The Labute approximate surface area is 187 Å². The number of likely N-dealkylation sites (tertiary alicyclic amines) is 1. The Morgan fingerprint density at radius 3 is 2.45 bits per heavy atom. The molecule has 3 aliphatic rings. The molecule has 0 aliphatic carbocycles. The highest BCUT2D eigenvalue weighted by atomic mass is 32.2. The molecule has 2 fully saturated rings. The van der Waals surface area contributed by atoms with E-state index in [1.54, 1.807) is 18.7 Å². The Bertz CT molecular complexity index is 921. The van der Waals surface area contributed by atoms with Crippen molar-refractivity contribution in [2.75, 3.05) is 39.4 Å². The Morgan fingerprint density at radius 1 is 1.13 bits per heavy atom. The predicted molar refractivity (Wildman–Crippen MR) is 123 cm³/mol. The van der Waals surface area contributed by atoms with Crippen LogP contribution in [0.2, 0.25) is 0 Å². The first-order valence-electron chi connectivity index (χ1n) is 10.9. The fraction of sp³-hybridized carbons (Fsp3) is 0.522. The maximum absolute atomic E-state index is 13.3. The number of allylic oxidation sites excluding steroid dienone is 3. The standard InChI is InChI=1S/C23H30N4O3S/c1-4-18-20(5-2)31-15-19-21(23(29)26-10-12-30-13-11-26)24-27(22(18)19)14-17-6-8-25(9-7-17)16(3)28/h4-5,17H,1-2,6-15H2,3H3. The number of carbonyl (C=O) groups is 2. The molecule has 0 N–H and O–H groups in total. The lowest BCUT2D eigenvalue weighted by Gasteiger charge is -2.31. The maximum atomic E-state index is 13.3. The smallest absolute Gasteiger partial charge is 0.274 e. The van der Waals surface area contributed by atoms with Gasteiger partial charge in [-0.2, -0.15) is 5.10 Å². The van der Waals surface area contributed by atoms with Gasteiger partial charge in [0.25, 0.3) is 5.91 Å². The maximum Gasteiger partial charge on any atom is 0.274 e. The number of rotatable bonds is 5. The third-order valence-corrected chi connectivity index (χ3v) is 7.46. The number of carbonyl (C=O) groups excluding carboxylic acids is 2. The SMILES string of the molecule is C=CC1=C(C=C)c2c(c(C(=O)N3CCOCC3)nn2CC2CCN(C(C)=O)CC2)CS1. The molecule has 8 heteroatoms. The average molecular weight is 443 g/mol. The second-order valence-electron chi connectivity index (χ2n) is 8.19. The highest BCUT2D eigenvalue weighted by Gasteiger charge is 2.32. The van der Waals surface area contributed by atoms with Crippen LogP contribution >= 0.6 is 11.8 Å². The van der Waals surface area contributed by atoms with Crippen LogP contribution in [0.4, 0.5) is 0 Å². The Morgan fingerprint density at radius 2 is 1.84 bits per heavy atom. The second-order valence-corrected chi connectivity index (χ2v) is 9.20. The van der Waals surface area contributed by atoms with E-state index in [4.69, 9.17) is 9.84 Å². The number of thioether (sulfide) groups is 1. The third-order valence-electron chi connectivity index (χ3n) is 6.32. The summed E-state index contributed by atoms with van der Waals surface area (Å²) in [5.41, 5.74) is 3.53. The number of hydrogen-bond donors (Lipinski definition) is 0. The molecule has 0 atom stereocenters. The Hall–Kier alpha value is -2.32. The lowest BCUT2D eigenvalue weighted by atomic mass is 9.96. The molecular weight excluding hydrogens is 412 g/mol. The summed E-state index contributed by atoms with van der Waals surface area (Å²) < 4.78 is 7.42. The molecule has 31 heavy (non-hydrogen) atoms.